The molecule has 0 aromatic heterocycles. The average molecular weight is 245 g/mol. The molecular formula is C6H10O2Zn2. The number of rotatable bonds is 2. The third-order valence-corrected chi connectivity index (χ3v) is 2.12. The molecule has 0 N–H and O–H groups in total. The molecule has 0 aromatic rings. The summed E-state index contributed by atoms with van der Waals surface area (Å²) in [4.78, 5) is 0. The Morgan fingerprint density at radius 3 is 1.10 bits per heavy atom. The predicted octanol–water partition coefficient (Wildman–Crippen LogP) is -0.103. The van der Waals surface area contributed by atoms with Gasteiger partial charge in [-0.25, -0.2) is 0 Å². The normalized spacial score (nSPS) is 5.80. The summed E-state index contributed by atoms with van der Waals surface area (Å²) in [5.74, 6) is 0. The monoisotopic (exact) mass is 242 g/mol. The van der Waals surface area contributed by atoms with Gasteiger partial charge in [0.15, 0.2) is 0 Å². The molecule has 0 aliphatic rings. The number of hydrogen-bond donors (Lipinski definition) is 0. The molecule has 50 valence electrons. The van der Waals surface area contributed by atoms with Gasteiger partial charge in [-0.05, 0) is 0 Å². The van der Waals surface area contributed by atoms with Crippen LogP contribution in [-0.2, 0) is 36.6 Å². The Morgan fingerprint density at radius 1 is 1.00 bits per heavy atom. The van der Waals surface area contributed by atoms with Crippen LogP contribution in [0.25, 0.3) is 0 Å². The summed E-state index contributed by atoms with van der Waals surface area (Å²) in [6.07, 6.45) is 3.86. The maximum absolute atomic E-state index is 7.00. The minimum absolute atomic E-state index is 1.21. The topological polar surface area (TPSA) is 46.1 Å². The molecule has 0 saturated heterocycles. The van der Waals surface area contributed by atoms with E-state index < -0.39 is 0 Å². The molecular weight excluding hydrogens is 235 g/mol. The Hall–Kier alpha value is 0.647. The molecule has 0 fully saturated rings. The van der Waals surface area contributed by atoms with Crippen molar-refractivity contribution >= 4 is 0 Å². The molecule has 0 aliphatic heterocycles. The van der Waals surface area contributed by atoms with E-state index in [2.05, 4.69) is 13.2 Å². The zero-order valence-electron chi connectivity index (χ0n) is 6.21. The van der Waals surface area contributed by atoms with Gasteiger partial charge < -0.3 is 10.5 Å². The van der Waals surface area contributed by atoms with Crippen molar-refractivity contribution in [3.63, 3.8) is 0 Å². The molecule has 10 heavy (non-hydrogen) atoms. The molecule has 2 nitrogen and oxygen atoms in total. The van der Waals surface area contributed by atoms with Gasteiger partial charge in [0.2, 0.25) is 0 Å². The fourth-order valence-corrected chi connectivity index (χ4v) is 0. The van der Waals surface area contributed by atoms with Crippen LogP contribution in [0.3, 0.4) is 0 Å². The third kappa shape index (κ3) is 72.2. The molecule has 0 aliphatic carbocycles. The van der Waals surface area contributed by atoms with Gasteiger partial charge in [-0.2, -0.15) is 0 Å². The molecule has 0 aromatic carbocycles. The molecule has 0 rings (SSSR count). The quantitative estimate of drug-likeness (QED) is 0.295. The summed E-state index contributed by atoms with van der Waals surface area (Å²) >= 11 is 2.70. The second-order valence-electron chi connectivity index (χ2n) is 1.15. The molecule has 0 amide bonds. The van der Waals surface area contributed by atoms with Crippen molar-refractivity contribution in [2.45, 2.75) is 10.0 Å². The van der Waals surface area contributed by atoms with Crippen molar-refractivity contribution in [1.29, 1.82) is 0 Å². The van der Waals surface area contributed by atoms with E-state index in [-0.39, 0.29) is 0 Å². The maximum Gasteiger partial charge on any atom is -1.00 e. The standard InChI is InChI=1S/2C3H5.O2.2Zn/c2*1-3-2;1-2;;/h2*3H,1-2H2;;;/q;;-2;2*+1. The average Bonchev–Trinajstić information content (AvgIpc) is 2.08. The largest absolute Gasteiger partial charge is 1.00 e. The smallest absolute Gasteiger partial charge is 1.00 e. The summed E-state index contributed by atoms with van der Waals surface area (Å²) in [6, 6.07) is 0. The van der Waals surface area contributed by atoms with Crippen molar-refractivity contribution < 1.29 is 47.1 Å². The Balaban J connectivity index is -0.0000000787. The van der Waals surface area contributed by atoms with Gasteiger partial charge in [0.1, 0.15) is 0 Å². The zero-order valence-corrected chi connectivity index (χ0v) is 12.1. The van der Waals surface area contributed by atoms with E-state index in [1.165, 1.54) is 46.6 Å². The van der Waals surface area contributed by atoms with Crippen molar-refractivity contribution in [3.05, 3.63) is 25.3 Å². The number of allylic oxidation sites excluding steroid dienone is 2. The van der Waals surface area contributed by atoms with E-state index in [0.717, 1.165) is 0 Å². The van der Waals surface area contributed by atoms with Crippen LogP contribution in [-0.4, -0.2) is 0 Å². The fraction of sp³-hybridized carbons (Fsp3) is 0.333. The van der Waals surface area contributed by atoms with Crippen LogP contribution < -0.4 is 10.5 Å². The Kier molecular flexibility index (Phi) is 56.6. The van der Waals surface area contributed by atoms with Crippen LogP contribution in [0, 0.1) is 0 Å². The summed E-state index contributed by atoms with van der Waals surface area (Å²) in [7, 11) is 0. The first-order chi connectivity index (χ1) is 4.83. The van der Waals surface area contributed by atoms with Crippen molar-refractivity contribution in [2.24, 2.45) is 0 Å². The SMILES string of the molecule is C=C[CH2][Zn+].C=C[CH2][Zn+].[O-][O-]. The number of hydrogen-bond acceptors (Lipinski definition) is 2. The van der Waals surface area contributed by atoms with E-state index in [4.69, 9.17) is 10.5 Å². The maximum atomic E-state index is 7.00. The van der Waals surface area contributed by atoms with Gasteiger partial charge in [-0.3, -0.25) is 0 Å². The molecule has 0 radical (unpaired) electrons. The molecule has 0 bridgehead atoms. The Labute approximate surface area is 82.3 Å². The molecule has 0 spiro atoms. The molecule has 0 atom stereocenters. The van der Waals surface area contributed by atoms with Gasteiger partial charge in [-0.15, -0.1) is 0 Å². The minimum Gasteiger partial charge on any atom is -1.00 e. The van der Waals surface area contributed by atoms with E-state index in [1.807, 2.05) is 12.2 Å². The van der Waals surface area contributed by atoms with E-state index in [9.17, 15) is 0 Å². The molecule has 0 heterocycles. The van der Waals surface area contributed by atoms with Crippen LogP contribution in [0.4, 0.5) is 0 Å². The van der Waals surface area contributed by atoms with E-state index in [1.54, 1.807) is 0 Å². The van der Waals surface area contributed by atoms with Gasteiger partial charge in [0.05, 0.1) is 0 Å². The van der Waals surface area contributed by atoms with Gasteiger partial charge in [0, 0.05) is 0 Å². The predicted molar refractivity (Wildman–Crippen MR) is 30.0 cm³/mol. The molecule has 0 unspecified atom stereocenters. The zero-order chi connectivity index (χ0) is 8.83. The van der Waals surface area contributed by atoms with E-state index >= 15 is 0 Å². The first-order valence-corrected chi connectivity index (χ1v) is 7.00. The van der Waals surface area contributed by atoms with Crippen LogP contribution >= 0.6 is 0 Å². The van der Waals surface area contributed by atoms with Crippen LogP contribution in [0.2, 0.25) is 10.0 Å². The van der Waals surface area contributed by atoms with Gasteiger partial charge in [0.25, 0.3) is 0 Å². The minimum atomic E-state index is 1.21. The van der Waals surface area contributed by atoms with Gasteiger partial charge >= 0.3 is 71.9 Å². The van der Waals surface area contributed by atoms with Crippen LogP contribution in [0.1, 0.15) is 0 Å². The van der Waals surface area contributed by atoms with Crippen molar-refractivity contribution in [3.8, 4) is 0 Å². The summed E-state index contributed by atoms with van der Waals surface area (Å²) in [5, 5.41) is 16.4. The van der Waals surface area contributed by atoms with Crippen molar-refractivity contribution in [1.82, 2.24) is 0 Å². The second kappa shape index (κ2) is 33.4. The Bertz CT molecular complexity index is 49.7. The van der Waals surface area contributed by atoms with Crippen molar-refractivity contribution in [2.75, 3.05) is 0 Å². The molecule has 4 heteroatoms. The third-order valence-electron chi connectivity index (χ3n) is 0.408. The fourth-order valence-electron chi connectivity index (χ4n) is 0. The molecule has 0 saturated carbocycles. The summed E-state index contributed by atoms with van der Waals surface area (Å²) in [6.45, 7) is 7.02. The summed E-state index contributed by atoms with van der Waals surface area (Å²) in [5.41, 5.74) is 0. The van der Waals surface area contributed by atoms with E-state index in [0.29, 0.717) is 0 Å². The van der Waals surface area contributed by atoms with Crippen LogP contribution in [0.5, 0.6) is 0 Å². The first kappa shape index (κ1) is 16.9. The summed E-state index contributed by atoms with van der Waals surface area (Å²) < 4.78 is 0. The van der Waals surface area contributed by atoms with Crippen LogP contribution in [0.15, 0.2) is 25.3 Å². The second-order valence-corrected chi connectivity index (χ2v) is 3.58. The van der Waals surface area contributed by atoms with Gasteiger partial charge in [-0.1, -0.05) is 0 Å². The first-order valence-electron chi connectivity index (χ1n) is 2.80. The Morgan fingerprint density at radius 2 is 1.10 bits per heavy atom.